The first-order valence-corrected chi connectivity index (χ1v) is 6.32. The van der Waals surface area contributed by atoms with Crippen molar-refractivity contribution in [3.63, 3.8) is 0 Å². The Labute approximate surface area is 117 Å². The number of imidazole rings is 1. The molecule has 1 aromatic carbocycles. The summed E-state index contributed by atoms with van der Waals surface area (Å²) in [5, 5.41) is 1.06. The van der Waals surface area contributed by atoms with Gasteiger partial charge in [0.2, 0.25) is 0 Å². The number of pyridine rings is 1. The summed E-state index contributed by atoms with van der Waals surface area (Å²) in [5.74, 6) is 3.99. The molecule has 0 saturated carbocycles. The second-order valence-electron chi connectivity index (χ2n) is 4.56. The smallest absolute Gasteiger partial charge is 0.132 e. The first-order chi connectivity index (χ1) is 9.72. The van der Waals surface area contributed by atoms with E-state index in [2.05, 4.69) is 15.9 Å². The molecule has 3 rings (SSSR count). The highest BCUT2D eigenvalue weighted by Gasteiger charge is 2.15. The molecule has 4 heteroatoms. The number of benzene rings is 1. The van der Waals surface area contributed by atoms with Gasteiger partial charge in [-0.1, -0.05) is 30.2 Å². The van der Waals surface area contributed by atoms with Crippen LogP contribution in [-0.2, 0) is 6.54 Å². The van der Waals surface area contributed by atoms with Gasteiger partial charge in [0, 0.05) is 17.1 Å². The number of nitrogens with zero attached hydrogens (tertiary/aromatic N) is 3. The van der Waals surface area contributed by atoms with Crippen LogP contribution in [0.4, 0.5) is 5.82 Å². The van der Waals surface area contributed by atoms with Gasteiger partial charge in [-0.05, 0) is 13.0 Å². The van der Waals surface area contributed by atoms with Crippen LogP contribution in [0.2, 0.25) is 0 Å². The predicted molar refractivity (Wildman–Crippen MR) is 80.9 cm³/mol. The summed E-state index contributed by atoms with van der Waals surface area (Å²) in [7, 11) is 0. The van der Waals surface area contributed by atoms with Gasteiger partial charge in [-0.25, -0.2) is 4.98 Å². The summed E-state index contributed by atoms with van der Waals surface area (Å²) >= 11 is 0. The Kier molecular flexibility index (Phi) is 2.88. The van der Waals surface area contributed by atoms with Crippen molar-refractivity contribution in [1.29, 1.82) is 0 Å². The Bertz CT molecular complexity index is 819. The number of fused-ring (bicyclic) bond motifs is 1. The van der Waals surface area contributed by atoms with Gasteiger partial charge < -0.3 is 10.3 Å². The third-order valence-electron chi connectivity index (χ3n) is 3.33. The molecule has 2 heterocycles. The molecular formula is C16H14N4. The average molecular weight is 262 g/mol. The van der Waals surface area contributed by atoms with Gasteiger partial charge in [0.25, 0.3) is 0 Å². The zero-order valence-corrected chi connectivity index (χ0v) is 11.2. The number of aromatic nitrogens is 3. The van der Waals surface area contributed by atoms with E-state index in [0.29, 0.717) is 12.4 Å². The van der Waals surface area contributed by atoms with Crippen molar-refractivity contribution in [3.05, 3.63) is 42.4 Å². The lowest BCUT2D eigenvalue weighted by atomic mass is 10.1. The monoisotopic (exact) mass is 262 g/mol. The molecule has 2 aromatic heterocycles. The minimum Gasteiger partial charge on any atom is -0.383 e. The van der Waals surface area contributed by atoms with Crippen LogP contribution in [0, 0.1) is 19.3 Å². The van der Waals surface area contributed by atoms with Gasteiger partial charge in [0.15, 0.2) is 0 Å². The largest absolute Gasteiger partial charge is 0.383 e. The first kappa shape index (κ1) is 12.2. The highest BCUT2D eigenvalue weighted by molar-refractivity contribution is 5.94. The fraction of sp³-hybridized carbons (Fsp3) is 0.125. The van der Waals surface area contributed by atoms with E-state index in [9.17, 15) is 0 Å². The van der Waals surface area contributed by atoms with E-state index in [4.69, 9.17) is 12.2 Å². The van der Waals surface area contributed by atoms with Crippen molar-refractivity contribution in [2.45, 2.75) is 13.5 Å². The second kappa shape index (κ2) is 4.71. The quantitative estimate of drug-likeness (QED) is 0.722. The molecule has 4 nitrogen and oxygen atoms in total. The summed E-state index contributed by atoms with van der Waals surface area (Å²) < 4.78 is 1.83. The SMILES string of the molecule is C#CCn1c(C)nc(-c2cccc3cccnc23)c1N. The van der Waals surface area contributed by atoms with Gasteiger partial charge in [-0.3, -0.25) is 4.98 Å². The molecule has 0 aliphatic heterocycles. The Balaban J connectivity index is 2.27. The fourth-order valence-corrected chi connectivity index (χ4v) is 2.37. The van der Waals surface area contributed by atoms with Crippen molar-refractivity contribution >= 4 is 16.7 Å². The third-order valence-corrected chi connectivity index (χ3v) is 3.33. The second-order valence-corrected chi connectivity index (χ2v) is 4.56. The van der Waals surface area contributed by atoms with Crippen molar-refractivity contribution in [2.24, 2.45) is 0 Å². The number of anilines is 1. The molecule has 0 saturated heterocycles. The van der Waals surface area contributed by atoms with Crippen molar-refractivity contribution in [3.8, 4) is 23.6 Å². The lowest BCUT2D eigenvalue weighted by molar-refractivity contribution is 0.807. The van der Waals surface area contributed by atoms with Gasteiger partial charge in [-0.15, -0.1) is 6.42 Å². The maximum atomic E-state index is 6.19. The molecule has 0 unspecified atom stereocenters. The summed E-state index contributed by atoms with van der Waals surface area (Å²) in [5.41, 5.74) is 8.75. The van der Waals surface area contributed by atoms with Crippen LogP contribution in [0.5, 0.6) is 0 Å². The molecule has 20 heavy (non-hydrogen) atoms. The molecule has 2 N–H and O–H groups in total. The van der Waals surface area contributed by atoms with Crippen LogP contribution in [0.15, 0.2) is 36.5 Å². The lowest BCUT2D eigenvalue weighted by Crippen LogP contribution is -2.03. The maximum Gasteiger partial charge on any atom is 0.132 e. The Morgan fingerprint density at radius 2 is 2.10 bits per heavy atom. The maximum absolute atomic E-state index is 6.19. The van der Waals surface area contributed by atoms with Crippen LogP contribution in [0.25, 0.3) is 22.2 Å². The minimum absolute atomic E-state index is 0.420. The summed E-state index contributed by atoms with van der Waals surface area (Å²) in [6.07, 6.45) is 7.14. The number of hydrogen-bond acceptors (Lipinski definition) is 3. The molecule has 0 bridgehead atoms. The van der Waals surface area contributed by atoms with Crippen molar-refractivity contribution < 1.29 is 0 Å². The van der Waals surface area contributed by atoms with Gasteiger partial charge in [0.1, 0.15) is 17.3 Å². The number of rotatable bonds is 2. The summed E-state index contributed by atoms with van der Waals surface area (Å²) in [6, 6.07) is 9.92. The van der Waals surface area contributed by atoms with E-state index in [1.165, 1.54) is 0 Å². The van der Waals surface area contributed by atoms with Crippen LogP contribution in [0.3, 0.4) is 0 Å². The highest BCUT2D eigenvalue weighted by Crippen LogP contribution is 2.31. The molecular weight excluding hydrogens is 248 g/mol. The van der Waals surface area contributed by atoms with E-state index >= 15 is 0 Å². The Morgan fingerprint density at radius 3 is 2.90 bits per heavy atom. The van der Waals surface area contributed by atoms with Crippen molar-refractivity contribution in [2.75, 3.05) is 5.73 Å². The zero-order chi connectivity index (χ0) is 14.1. The molecule has 0 aliphatic carbocycles. The highest BCUT2D eigenvalue weighted by atomic mass is 15.1. The van der Waals surface area contributed by atoms with E-state index < -0.39 is 0 Å². The molecule has 0 spiro atoms. The molecule has 0 radical (unpaired) electrons. The summed E-state index contributed by atoms with van der Waals surface area (Å²) in [4.78, 5) is 8.99. The van der Waals surface area contributed by atoms with Gasteiger partial charge >= 0.3 is 0 Å². The topological polar surface area (TPSA) is 56.7 Å². The Morgan fingerprint density at radius 1 is 1.30 bits per heavy atom. The normalized spacial score (nSPS) is 10.6. The minimum atomic E-state index is 0.420. The molecule has 0 aliphatic rings. The molecule has 0 amide bonds. The van der Waals surface area contributed by atoms with Crippen LogP contribution >= 0.6 is 0 Å². The number of nitrogen functional groups attached to an aromatic ring is 1. The van der Waals surface area contributed by atoms with Crippen LogP contribution in [0.1, 0.15) is 5.82 Å². The Hall–Kier alpha value is -2.80. The van der Waals surface area contributed by atoms with Crippen LogP contribution < -0.4 is 5.73 Å². The summed E-state index contributed by atoms with van der Waals surface area (Å²) in [6.45, 7) is 2.32. The number of terminal acetylenes is 1. The van der Waals surface area contributed by atoms with E-state index in [-0.39, 0.29) is 0 Å². The van der Waals surface area contributed by atoms with Crippen molar-refractivity contribution in [1.82, 2.24) is 14.5 Å². The number of aryl methyl sites for hydroxylation is 1. The molecule has 0 atom stereocenters. The first-order valence-electron chi connectivity index (χ1n) is 6.32. The van der Waals surface area contributed by atoms with Gasteiger partial charge in [0.05, 0.1) is 12.1 Å². The van der Waals surface area contributed by atoms with Crippen LogP contribution in [-0.4, -0.2) is 14.5 Å². The van der Waals surface area contributed by atoms with Gasteiger partial charge in [-0.2, -0.15) is 0 Å². The predicted octanol–water partition coefficient (Wildman–Crippen LogP) is 2.62. The van der Waals surface area contributed by atoms with E-state index in [1.54, 1.807) is 6.20 Å². The number of para-hydroxylation sites is 1. The third kappa shape index (κ3) is 1.81. The zero-order valence-electron chi connectivity index (χ0n) is 11.2. The fourth-order valence-electron chi connectivity index (χ4n) is 2.37. The molecule has 3 aromatic rings. The lowest BCUT2D eigenvalue weighted by Gasteiger charge is -2.05. The van der Waals surface area contributed by atoms with E-state index in [0.717, 1.165) is 28.0 Å². The molecule has 0 fully saturated rings. The standard InChI is InChI=1S/C16H14N4/c1-3-10-20-11(2)19-15(16(20)17)13-8-4-6-12-7-5-9-18-14(12)13/h1,4-9H,10,17H2,2H3. The number of hydrogen-bond donors (Lipinski definition) is 1. The average Bonchev–Trinajstić information content (AvgIpc) is 2.75. The number of nitrogens with two attached hydrogens (primary N) is 1. The van der Waals surface area contributed by atoms with E-state index in [1.807, 2.05) is 41.8 Å². The molecule has 98 valence electrons.